The molecule has 26 heavy (non-hydrogen) atoms. The molecule has 8 nitrogen and oxygen atoms in total. The zero-order valence-corrected chi connectivity index (χ0v) is 16.5. The second-order valence-electron chi connectivity index (χ2n) is 6.98. The second kappa shape index (κ2) is 9.86. The number of hydrogen-bond acceptors (Lipinski definition) is 6. The molecule has 0 aromatic heterocycles. The minimum Gasteiger partial charge on any atom is -0.630 e. The minimum absolute atomic E-state index is 0.0130. The Morgan fingerprint density at radius 3 is 2.58 bits per heavy atom. The molecule has 1 amide bonds. The van der Waals surface area contributed by atoms with Gasteiger partial charge in [-0.1, -0.05) is 0 Å². The fourth-order valence-electron chi connectivity index (χ4n) is 2.10. The Morgan fingerprint density at radius 2 is 2.00 bits per heavy atom. The third-order valence-corrected chi connectivity index (χ3v) is 4.45. The van der Waals surface area contributed by atoms with E-state index >= 15 is 0 Å². The zero-order valence-electron chi connectivity index (χ0n) is 15.7. The number of nitrogens with zero attached hydrogens (tertiary/aromatic N) is 1. The SMILES string of the molecule is CC(C)(C)OC(=O)N=S(C)(=O)Cc1cc([NH2+][O-])cc(OCCCCO)c1. The summed E-state index contributed by atoms with van der Waals surface area (Å²) in [6.45, 7) is 5.59. The van der Waals surface area contributed by atoms with Crippen LogP contribution in [-0.2, 0) is 20.2 Å². The molecule has 0 aliphatic rings. The molecule has 0 radical (unpaired) electrons. The molecule has 0 saturated heterocycles. The van der Waals surface area contributed by atoms with Gasteiger partial charge in [0.25, 0.3) is 0 Å². The van der Waals surface area contributed by atoms with Crippen LogP contribution in [0.5, 0.6) is 5.75 Å². The van der Waals surface area contributed by atoms with E-state index in [1.54, 1.807) is 39.0 Å². The highest BCUT2D eigenvalue weighted by molar-refractivity contribution is 7.92. The summed E-state index contributed by atoms with van der Waals surface area (Å²) in [5, 5.41) is 19.9. The van der Waals surface area contributed by atoms with Crippen molar-refractivity contribution in [3.8, 4) is 5.75 Å². The summed E-state index contributed by atoms with van der Waals surface area (Å²) in [7, 11) is -2.88. The molecule has 0 aliphatic heterocycles. The van der Waals surface area contributed by atoms with E-state index in [0.29, 0.717) is 41.9 Å². The average molecular weight is 388 g/mol. The third kappa shape index (κ3) is 9.14. The number of aliphatic hydroxyl groups excluding tert-OH is 1. The Kier molecular flexibility index (Phi) is 8.48. The van der Waals surface area contributed by atoms with E-state index in [0.717, 1.165) is 0 Å². The molecule has 1 aromatic rings. The zero-order chi connectivity index (χ0) is 19.8. The van der Waals surface area contributed by atoms with E-state index in [9.17, 15) is 14.2 Å². The summed E-state index contributed by atoms with van der Waals surface area (Å²) >= 11 is 0. The van der Waals surface area contributed by atoms with Crippen molar-refractivity contribution < 1.29 is 29.1 Å². The lowest BCUT2D eigenvalue weighted by Crippen LogP contribution is -2.70. The van der Waals surface area contributed by atoms with E-state index in [4.69, 9.17) is 14.6 Å². The molecule has 148 valence electrons. The topological polar surface area (TPSA) is 125 Å². The summed E-state index contributed by atoms with van der Waals surface area (Å²) < 4.78 is 26.9. The van der Waals surface area contributed by atoms with Gasteiger partial charge in [-0.05, 0) is 45.2 Å². The molecular formula is C17H28N2O6S. The van der Waals surface area contributed by atoms with Crippen molar-refractivity contribution in [1.82, 2.24) is 0 Å². The molecule has 1 unspecified atom stereocenters. The van der Waals surface area contributed by atoms with E-state index in [1.807, 2.05) is 0 Å². The van der Waals surface area contributed by atoms with Gasteiger partial charge in [0, 0.05) is 25.0 Å². The van der Waals surface area contributed by atoms with Gasteiger partial charge in [0.05, 0.1) is 22.1 Å². The van der Waals surface area contributed by atoms with Gasteiger partial charge in [0.1, 0.15) is 17.0 Å². The van der Waals surface area contributed by atoms with Crippen molar-refractivity contribution >= 4 is 21.5 Å². The maximum atomic E-state index is 12.6. The normalized spacial score (nSPS) is 13.8. The predicted octanol–water partition coefficient (Wildman–Crippen LogP) is 2.06. The van der Waals surface area contributed by atoms with Crippen LogP contribution in [0, 0.1) is 5.21 Å². The largest absolute Gasteiger partial charge is 0.630 e. The molecule has 1 aromatic carbocycles. The minimum atomic E-state index is -2.88. The quantitative estimate of drug-likeness (QED) is 0.399. The molecule has 9 heteroatoms. The van der Waals surface area contributed by atoms with Crippen LogP contribution in [0.2, 0.25) is 0 Å². The molecule has 0 fully saturated rings. The molecule has 0 saturated carbocycles. The van der Waals surface area contributed by atoms with Crippen LogP contribution >= 0.6 is 0 Å². The molecule has 1 atom stereocenters. The molecule has 1 rings (SSSR count). The van der Waals surface area contributed by atoms with Crippen molar-refractivity contribution in [3.63, 3.8) is 0 Å². The number of aliphatic hydroxyl groups is 1. The van der Waals surface area contributed by atoms with Gasteiger partial charge in [-0.3, -0.25) is 0 Å². The predicted molar refractivity (Wildman–Crippen MR) is 99.6 cm³/mol. The highest BCUT2D eigenvalue weighted by Crippen LogP contribution is 2.21. The molecule has 0 bridgehead atoms. The number of hydrogen-bond donors (Lipinski definition) is 2. The number of amides is 1. The van der Waals surface area contributed by atoms with Crippen molar-refractivity contribution in [2.24, 2.45) is 4.36 Å². The van der Waals surface area contributed by atoms with E-state index in [-0.39, 0.29) is 12.4 Å². The Labute approximate surface area is 154 Å². The van der Waals surface area contributed by atoms with Crippen LogP contribution < -0.4 is 10.2 Å². The summed E-state index contributed by atoms with van der Waals surface area (Å²) in [5.41, 5.74) is 0.911. The van der Waals surface area contributed by atoms with Crippen molar-refractivity contribution in [1.29, 1.82) is 0 Å². The Morgan fingerprint density at radius 1 is 1.31 bits per heavy atom. The Balaban J connectivity index is 2.92. The summed E-state index contributed by atoms with van der Waals surface area (Å²) in [6.07, 6.45) is 1.79. The van der Waals surface area contributed by atoms with Crippen LogP contribution in [0.4, 0.5) is 10.5 Å². The number of nitrogens with two attached hydrogens (primary N) is 1. The van der Waals surface area contributed by atoms with E-state index in [2.05, 4.69) is 4.36 Å². The molecule has 3 N–H and O–H groups in total. The highest BCUT2D eigenvalue weighted by atomic mass is 32.2. The number of carbonyl (C=O) groups excluding carboxylic acids is 1. The van der Waals surface area contributed by atoms with Crippen LogP contribution in [0.3, 0.4) is 0 Å². The first-order valence-electron chi connectivity index (χ1n) is 8.30. The van der Waals surface area contributed by atoms with Gasteiger partial charge in [0.15, 0.2) is 0 Å². The van der Waals surface area contributed by atoms with Crippen molar-refractivity contribution in [2.75, 3.05) is 19.5 Å². The number of carbonyl (C=O) groups is 1. The third-order valence-electron chi connectivity index (χ3n) is 3.04. The first kappa shape index (κ1) is 22.4. The molecule has 0 heterocycles. The Bertz CT molecular complexity index is 720. The van der Waals surface area contributed by atoms with Gasteiger partial charge in [-0.25, -0.2) is 9.00 Å². The smallest absolute Gasteiger partial charge is 0.442 e. The van der Waals surface area contributed by atoms with Crippen LogP contribution in [0.1, 0.15) is 39.2 Å². The van der Waals surface area contributed by atoms with E-state index in [1.165, 1.54) is 6.26 Å². The standard InChI is InChI=1S/C17H28N2O6S/c1-17(2,3)25-16(21)19-26(4,23)12-13-9-14(18-22)11-15(10-13)24-8-6-5-7-20/h9-11,20H,5-8,12,18H2,1-4H3. The maximum Gasteiger partial charge on any atom is 0.442 e. The van der Waals surface area contributed by atoms with Gasteiger partial charge in [0.2, 0.25) is 0 Å². The first-order chi connectivity index (χ1) is 12.0. The lowest BCUT2D eigenvalue weighted by molar-refractivity contribution is -0.497. The van der Waals surface area contributed by atoms with Gasteiger partial charge in [-0.15, -0.1) is 4.36 Å². The number of unbranched alkanes of at least 4 members (excludes halogenated alkanes) is 1. The van der Waals surface area contributed by atoms with Crippen molar-refractivity contribution in [2.45, 2.75) is 45.0 Å². The van der Waals surface area contributed by atoms with Gasteiger partial charge >= 0.3 is 6.09 Å². The summed E-state index contributed by atoms with van der Waals surface area (Å²) in [5.74, 6) is 0.455. The van der Waals surface area contributed by atoms with Gasteiger partial charge in [-0.2, -0.15) is 0 Å². The summed E-state index contributed by atoms with van der Waals surface area (Å²) in [6, 6.07) is 4.83. The van der Waals surface area contributed by atoms with Crippen LogP contribution in [0.15, 0.2) is 22.6 Å². The molecular weight excluding hydrogens is 360 g/mol. The second-order valence-corrected chi connectivity index (χ2v) is 9.37. The Hall–Kier alpha value is -1.68. The maximum absolute atomic E-state index is 12.6. The summed E-state index contributed by atoms with van der Waals surface area (Å²) in [4.78, 5) is 11.8. The average Bonchev–Trinajstić information content (AvgIpc) is 2.48. The number of quaternary nitrogens is 1. The van der Waals surface area contributed by atoms with Crippen molar-refractivity contribution in [3.05, 3.63) is 29.0 Å². The molecule has 0 spiro atoms. The molecule has 0 aliphatic carbocycles. The monoisotopic (exact) mass is 388 g/mol. The lowest BCUT2D eigenvalue weighted by Gasteiger charge is -2.17. The first-order valence-corrected chi connectivity index (χ1v) is 10.4. The fraction of sp³-hybridized carbons (Fsp3) is 0.588. The van der Waals surface area contributed by atoms with Crippen LogP contribution in [-0.4, -0.2) is 40.5 Å². The number of ether oxygens (including phenoxy) is 2. The number of rotatable bonds is 8. The lowest BCUT2D eigenvalue weighted by atomic mass is 10.2. The van der Waals surface area contributed by atoms with Gasteiger partial charge < -0.3 is 25.3 Å². The van der Waals surface area contributed by atoms with Crippen LogP contribution in [0.25, 0.3) is 0 Å². The highest BCUT2D eigenvalue weighted by Gasteiger charge is 2.18. The van der Waals surface area contributed by atoms with E-state index < -0.39 is 21.4 Å². The fourth-order valence-corrected chi connectivity index (χ4v) is 3.31. The number of benzene rings is 1.